The molecular weight excluding hydrogens is 260 g/mol. The average Bonchev–Trinajstić information content (AvgIpc) is 2.36. The molecule has 20 heavy (non-hydrogen) atoms. The maximum atomic E-state index is 11.7. The van der Waals surface area contributed by atoms with Crippen molar-refractivity contribution in [2.24, 2.45) is 5.73 Å². The third-order valence-corrected chi connectivity index (χ3v) is 2.70. The Morgan fingerprint density at radius 3 is 2.40 bits per heavy atom. The Labute approximate surface area is 117 Å². The monoisotopic (exact) mass is 278 g/mol. The zero-order valence-electron chi connectivity index (χ0n) is 11.1. The Morgan fingerprint density at radius 2 is 1.75 bits per heavy atom. The fourth-order valence-corrected chi connectivity index (χ4v) is 1.76. The summed E-state index contributed by atoms with van der Waals surface area (Å²) in [5.74, 6) is -1.53. The van der Waals surface area contributed by atoms with Gasteiger partial charge in [0.1, 0.15) is 0 Å². The topological polar surface area (TPSA) is 109 Å². The standard InChI is InChI=1S/C14H18N2O4/c15-12(17)9-10-5-1-2-6-11(10)16-13(18)7-3-4-8-14(19)20/h1-2,5-6H,3-4,7-9H2,(H2,15,17)(H,16,18)(H,19,20). The second-order valence-corrected chi connectivity index (χ2v) is 4.45. The van der Waals surface area contributed by atoms with Gasteiger partial charge in [-0.2, -0.15) is 0 Å². The maximum Gasteiger partial charge on any atom is 0.303 e. The highest BCUT2D eigenvalue weighted by molar-refractivity contribution is 5.92. The van der Waals surface area contributed by atoms with E-state index in [0.717, 1.165) is 0 Å². The van der Waals surface area contributed by atoms with Crippen molar-refractivity contribution in [1.82, 2.24) is 0 Å². The number of carboxylic acid groups (broad SMARTS) is 1. The third kappa shape index (κ3) is 5.99. The number of primary amides is 1. The molecule has 0 radical (unpaired) electrons. The molecule has 2 amide bonds. The summed E-state index contributed by atoms with van der Waals surface area (Å²) in [4.78, 5) is 33.0. The van der Waals surface area contributed by atoms with Gasteiger partial charge in [-0.1, -0.05) is 18.2 Å². The first-order valence-corrected chi connectivity index (χ1v) is 6.37. The van der Waals surface area contributed by atoms with Crippen LogP contribution in [0.25, 0.3) is 0 Å². The van der Waals surface area contributed by atoms with Crippen LogP contribution in [0.5, 0.6) is 0 Å². The van der Waals surface area contributed by atoms with Gasteiger partial charge in [-0.05, 0) is 24.5 Å². The summed E-state index contributed by atoms with van der Waals surface area (Å²) in [5, 5.41) is 11.2. The number of aliphatic carboxylic acids is 1. The van der Waals surface area contributed by atoms with Crippen LogP contribution in [0, 0.1) is 0 Å². The van der Waals surface area contributed by atoms with Gasteiger partial charge < -0.3 is 16.2 Å². The van der Waals surface area contributed by atoms with E-state index in [1.807, 2.05) is 0 Å². The molecular formula is C14H18N2O4. The highest BCUT2D eigenvalue weighted by Gasteiger charge is 2.08. The third-order valence-electron chi connectivity index (χ3n) is 2.70. The minimum atomic E-state index is -0.864. The summed E-state index contributed by atoms with van der Waals surface area (Å²) in [5.41, 5.74) is 6.37. The molecule has 0 saturated heterocycles. The zero-order valence-corrected chi connectivity index (χ0v) is 11.1. The molecule has 0 aliphatic rings. The van der Waals surface area contributed by atoms with E-state index in [-0.39, 0.29) is 25.2 Å². The van der Waals surface area contributed by atoms with Crippen molar-refractivity contribution in [3.63, 3.8) is 0 Å². The summed E-state index contributed by atoms with van der Waals surface area (Å²) in [6.07, 6.45) is 1.35. The lowest BCUT2D eigenvalue weighted by Crippen LogP contribution is -2.17. The summed E-state index contributed by atoms with van der Waals surface area (Å²) >= 11 is 0. The highest BCUT2D eigenvalue weighted by atomic mass is 16.4. The number of carboxylic acids is 1. The number of hydrogen-bond acceptors (Lipinski definition) is 3. The van der Waals surface area contributed by atoms with Crippen molar-refractivity contribution >= 4 is 23.5 Å². The van der Waals surface area contributed by atoms with Crippen LogP contribution in [0.15, 0.2) is 24.3 Å². The first-order chi connectivity index (χ1) is 9.49. The van der Waals surface area contributed by atoms with Crippen LogP contribution in [0.3, 0.4) is 0 Å². The second kappa shape index (κ2) is 7.93. The molecule has 0 aliphatic heterocycles. The van der Waals surface area contributed by atoms with Crippen LogP contribution in [0.4, 0.5) is 5.69 Å². The van der Waals surface area contributed by atoms with Crippen molar-refractivity contribution in [2.45, 2.75) is 32.1 Å². The Bertz CT molecular complexity index is 500. The normalized spacial score (nSPS) is 10.0. The van der Waals surface area contributed by atoms with Crippen molar-refractivity contribution in [3.05, 3.63) is 29.8 Å². The van der Waals surface area contributed by atoms with Gasteiger partial charge in [-0.3, -0.25) is 14.4 Å². The van der Waals surface area contributed by atoms with Crippen molar-refractivity contribution < 1.29 is 19.5 Å². The van der Waals surface area contributed by atoms with E-state index in [1.165, 1.54) is 0 Å². The number of anilines is 1. The first kappa shape index (κ1) is 15.7. The largest absolute Gasteiger partial charge is 0.481 e. The summed E-state index contributed by atoms with van der Waals surface area (Å²) in [6, 6.07) is 6.95. The van der Waals surface area contributed by atoms with E-state index in [0.29, 0.717) is 24.1 Å². The van der Waals surface area contributed by atoms with E-state index in [2.05, 4.69) is 5.32 Å². The molecule has 1 rings (SSSR count). The van der Waals surface area contributed by atoms with Crippen molar-refractivity contribution in [1.29, 1.82) is 0 Å². The van der Waals surface area contributed by atoms with E-state index in [4.69, 9.17) is 10.8 Å². The number of carbonyl (C=O) groups excluding carboxylic acids is 2. The van der Waals surface area contributed by atoms with Gasteiger partial charge in [0.05, 0.1) is 6.42 Å². The predicted molar refractivity (Wildman–Crippen MR) is 74.1 cm³/mol. The summed E-state index contributed by atoms with van der Waals surface area (Å²) < 4.78 is 0. The van der Waals surface area contributed by atoms with Gasteiger partial charge in [0.2, 0.25) is 11.8 Å². The second-order valence-electron chi connectivity index (χ2n) is 4.45. The molecule has 0 bridgehead atoms. The van der Waals surface area contributed by atoms with Gasteiger partial charge in [0.15, 0.2) is 0 Å². The number of rotatable bonds is 8. The molecule has 1 aromatic carbocycles. The van der Waals surface area contributed by atoms with Crippen LogP contribution in [-0.2, 0) is 20.8 Å². The molecule has 6 nitrogen and oxygen atoms in total. The summed E-state index contributed by atoms with van der Waals surface area (Å²) in [7, 11) is 0. The molecule has 0 unspecified atom stereocenters. The van der Waals surface area contributed by atoms with Crippen molar-refractivity contribution in [2.75, 3.05) is 5.32 Å². The molecule has 108 valence electrons. The van der Waals surface area contributed by atoms with E-state index >= 15 is 0 Å². The van der Waals surface area contributed by atoms with Gasteiger partial charge in [0, 0.05) is 18.5 Å². The average molecular weight is 278 g/mol. The quantitative estimate of drug-likeness (QED) is 0.622. The lowest BCUT2D eigenvalue weighted by atomic mass is 10.1. The van der Waals surface area contributed by atoms with Gasteiger partial charge in [0.25, 0.3) is 0 Å². The van der Waals surface area contributed by atoms with Gasteiger partial charge >= 0.3 is 5.97 Å². The number of hydrogen-bond donors (Lipinski definition) is 3. The van der Waals surface area contributed by atoms with Crippen LogP contribution in [0.2, 0.25) is 0 Å². The number of nitrogens with two attached hydrogens (primary N) is 1. The Balaban J connectivity index is 2.49. The first-order valence-electron chi connectivity index (χ1n) is 6.37. The fourth-order valence-electron chi connectivity index (χ4n) is 1.76. The van der Waals surface area contributed by atoms with E-state index < -0.39 is 11.9 Å². The molecule has 0 heterocycles. The molecule has 0 saturated carbocycles. The number of amides is 2. The molecule has 0 spiro atoms. The molecule has 4 N–H and O–H groups in total. The predicted octanol–water partition coefficient (Wildman–Crippen LogP) is 1.30. The lowest BCUT2D eigenvalue weighted by molar-refractivity contribution is -0.137. The zero-order chi connectivity index (χ0) is 15.0. The van der Waals surface area contributed by atoms with E-state index in [9.17, 15) is 14.4 Å². The van der Waals surface area contributed by atoms with Crippen LogP contribution < -0.4 is 11.1 Å². The lowest BCUT2D eigenvalue weighted by Gasteiger charge is -2.09. The van der Waals surface area contributed by atoms with Crippen LogP contribution in [-0.4, -0.2) is 22.9 Å². The Hall–Kier alpha value is -2.37. The molecule has 0 aromatic heterocycles. The number of benzene rings is 1. The number of para-hydroxylation sites is 1. The molecule has 1 aromatic rings. The maximum absolute atomic E-state index is 11.7. The number of nitrogens with one attached hydrogen (secondary N) is 1. The molecule has 0 atom stereocenters. The van der Waals surface area contributed by atoms with Crippen molar-refractivity contribution in [3.8, 4) is 0 Å². The fraction of sp³-hybridized carbons (Fsp3) is 0.357. The van der Waals surface area contributed by atoms with Crippen LogP contribution >= 0.6 is 0 Å². The Kier molecular flexibility index (Phi) is 6.22. The summed E-state index contributed by atoms with van der Waals surface area (Å²) in [6.45, 7) is 0. The molecule has 0 aliphatic carbocycles. The Morgan fingerprint density at radius 1 is 1.10 bits per heavy atom. The highest BCUT2D eigenvalue weighted by Crippen LogP contribution is 2.16. The number of unbranched alkanes of at least 4 members (excludes halogenated alkanes) is 1. The van der Waals surface area contributed by atoms with Crippen LogP contribution in [0.1, 0.15) is 31.2 Å². The van der Waals surface area contributed by atoms with E-state index in [1.54, 1.807) is 24.3 Å². The minimum Gasteiger partial charge on any atom is -0.481 e. The molecule has 0 fully saturated rings. The van der Waals surface area contributed by atoms with Gasteiger partial charge in [-0.25, -0.2) is 0 Å². The molecule has 6 heteroatoms. The minimum absolute atomic E-state index is 0.0611. The smallest absolute Gasteiger partial charge is 0.303 e. The number of carbonyl (C=O) groups is 3. The van der Waals surface area contributed by atoms with Gasteiger partial charge in [-0.15, -0.1) is 0 Å². The SMILES string of the molecule is NC(=O)Cc1ccccc1NC(=O)CCCCC(=O)O.